The van der Waals surface area contributed by atoms with Crippen LogP contribution in [0.1, 0.15) is 0 Å². The van der Waals surface area contributed by atoms with Gasteiger partial charge in [-0.1, -0.05) is 394 Å². The van der Waals surface area contributed by atoms with Gasteiger partial charge in [-0.25, -0.2) is 44.9 Å². The standard InChI is InChI=1S/2C45H27N3O2.C45H27N3S2/c1-3-13-28(14-4-1)43-46-44(29-15-5-2-6-16-29)48-45(47-43)32-26-30(33-19-11-21-37-35-17-7-9-23-39(35)49-41(33)37)25-31(27-32)34-20-12-22-38-36-18-8-10-24-40(36)50-42(34)38;1-2-12-28(13-3-1)43-46-44(31-16-8-14-29(26-31)33-20-10-24-39-41(33)35-18-4-6-22-37(35)49-39)48-45(47-43)32-17-9-15-30(27-32)34-21-11-25-40-42(34)36-19-5-7-23-38(36)50-40;1-3-13-28(14-4-1)43-46-44(29-15-5-2-6-16-29)48-45(47-43)32-26-30(33-19-11-21-37-35-17-7-9-23-39(35)49-41(33)37)25-31(27-32)34-20-12-22-38-36-18-8-10-24-40(36)50-42(34)38/h3*1-27H. The van der Waals surface area contributed by atoms with E-state index in [0.29, 0.717) is 52.4 Å². The first-order valence-electron chi connectivity index (χ1n) is 49.8. The average molecular weight is 1960 g/mol. The van der Waals surface area contributed by atoms with E-state index >= 15 is 0 Å². The van der Waals surface area contributed by atoms with E-state index in [0.717, 1.165) is 193 Å². The molecule has 0 N–H and O–H groups in total. The smallest absolute Gasteiger partial charge is 0.164 e. The molecular formula is C135H81N9O4S2. The first-order valence-corrected chi connectivity index (χ1v) is 51.4. The van der Waals surface area contributed by atoms with Gasteiger partial charge in [0.1, 0.15) is 44.7 Å². The van der Waals surface area contributed by atoms with E-state index in [9.17, 15) is 0 Å². The second-order valence-electron chi connectivity index (χ2n) is 37.2. The second-order valence-corrected chi connectivity index (χ2v) is 39.3. The maximum atomic E-state index is 6.53. The molecule has 13 nitrogen and oxygen atoms in total. The Kier molecular flexibility index (Phi) is 22.0. The fraction of sp³-hybridized carbons (Fsp3) is 0. The molecule has 0 aliphatic carbocycles. The van der Waals surface area contributed by atoms with Gasteiger partial charge >= 0.3 is 0 Å². The second kappa shape index (κ2) is 37.5. The van der Waals surface area contributed by atoms with Crippen LogP contribution in [-0.2, 0) is 0 Å². The molecule has 15 heteroatoms. The lowest BCUT2D eigenvalue weighted by Crippen LogP contribution is -2.00. The van der Waals surface area contributed by atoms with Crippen LogP contribution in [0.5, 0.6) is 0 Å². The zero-order valence-corrected chi connectivity index (χ0v) is 81.9. The Hall–Kier alpha value is -19.7. The van der Waals surface area contributed by atoms with Crippen molar-refractivity contribution in [3.8, 4) is 169 Å². The Morgan fingerprint density at radius 3 is 0.707 bits per heavy atom. The lowest BCUT2D eigenvalue weighted by Gasteiger charge is -2.13. The quantitative estimate of drug-likeness (QED) is 0.0951. The summed E-state index contributed by atoms with van der Waals surface area (Å²) in [6.07, 6.45) is 0. The lowest BCUT2D eigenvalue weighted by atomic mass is 9.94. The summed E-state index contributed by atoms with van der Waals surface area (Å²) in [6.45, 7) is 0. The predicted molar refractivity (Wildman–Crippen MR) is 616 cm³/mol. The Morgan fingerprint density at radius 1 is 0.133 bits per heavy atom. The van der Waals surface area contributed by atoms with Gasteiger partial charge in [0.25, 0.3) is 0 Å². The van der Waals surface area contributed by atoms with Gasteiger partial charge in [0, 0.05) is 145 Å². The SMILES string of the molecule is c1ccc(-c2nc(-c3cccc(-c4cccc5oc6ccccc6c45)c3)nc(-c3cccc(-c4cccc5oc6ccccc6c45)c3)n2)cc1.c1ccc(-c2nc(-c3ccccc3)nc(-c3cc(-c4cccc5c4oc4ccccc45)cc(-c4cccc5c4oc4ccccc45)c3)n2)cc1.c1ccc(-c2nc(-c3ccccc3)nc(-c3cc(-c4cccc5c4sc4ccccc45)cc(-c4cccc5c4sc4ccccc45)c3)n2)cc1. The molecule has 0 saturated heterocycles. The number of benzene rings is 21. The van der Waals surface area contributed by atoms with Crippen LogP contribution in [0.2, 0.25) is 0 Å². The summed E-state index contributed by atoms with van der Waals surface area (Å²) < 4.78 is 30.6. The normalized spacial score (nSPS) is 11.6. The van der Waals surface area contributed by atoms with Crippen molar-refractivity contribution in [3.05, 3.63) is 491 Å². The third-order valence-electron chi connectivity index (χ3n) is 28.0. The van der Waals surface area contributed by atoms with Crippen molar-refractivity contribution in [2.24, 2.45) is 0 Å². The summed E-state index contributed by atoms with van der Waals surface area (Å²) in [5, 5.41) is 13.8. The van der Waals surface area contributed by atoms with E-state index in [1.165, 1.54) is 51.5 Å². The van der Waals surface area contributed by atoms with Gasteiger partial charge < -0.3 is 17.7 Å². The van der Waals surface area contributed by atoms with Crippen LogP contribution in [0.25, 0.3) is 297 Å². The highest BCUT2D eigenvalue weighted by Gasteiger charge is 2.26. The monoisotopic (exact) mass is 1960 g/mol. The number of aromatic nitrogens is 9. The van der Waals surface area contributed by atoms with Crippen molar-refractivity contribution < 1.29 is 17.7 Å². The number of nitrogens with zero attached hydrogens (tertiary/aromatic N) is 9. The summed E-state index contributed by atoms with van der Waals surface area (Å²) in [4.78, 5) is 45.6. The fourth-order valence-corrected chi connectivity index (χ4v) is 23.4. The third kappa shape index (κ3) is 16.2. The molecule has 0 unspecified atom stereocenters. The Labute approximate surface area is 867 Å². The number of thiophene rings is 2. The van der Waals surface area contributed by atoms with Crippen LogP contribution >= 0.6 is 22.7 Å². The first-order chi connectivity index (χ1) is 74.3. The van der Waals surface area contributed by atoms with Crippen molar-refractivity contribution in [3.63, 3.8) is 0 Å². The van der Waals surface area contributed by atoms with Crippen molar-refractivity contribution in [2.45, 2.75) is 0 Å². The van der Waals surface area contributed by atoms with Crippen LogP contribution in [0, 0.1) is 0 Å². The number of hydrogen-bond donors (Lipinski definition) is 0. The molecular weight excluding hydrogens is 1880 g/mol. The highest BCUT2D eigenvalue weighted by atomic mass is 32.1. The topological polar surface area (TPSA) is 169 Å². The summed E-state index contributed by atoms with van der Waals surface area (Å²) in [5.74, 6) is 5.58. The highest BCUT2D eigenvalue weighted by Crippen LogP contribution is 2.50. The molecule has 21 aromatic carbocycles. The number of hydrogen-bond acceptors (Lipinski definition) is 15. The predicted octanol–water partition coefficient (Wildman–Crippen LogP) is 37.0. The fourth-order valence-electron chi connectivity index (χ4n) is 20.9. The van der Waals surface area contributed by atoms with Crippen LogP contribution in [0.3, 0.4) is 0 Å². The Morgan fingerprint density at radius 2 is 0.353 bits per heavy atom. The third-order valence-corrected chi connectivity index (χ3v) is 30.4. The van der Waals surface area contributed by atoms with Crippen molar-refractivity contribution in [2.75, 3.05) is 0 Å². The molecule has 702 valence electrons. The molecule has 0 aliphatic rings. The molecule has 150 heavy (non-hydrogen) atoms. The molecule has 9 aromatic heterocycles. The van der Waals surface area contributed by atoms with Crippen LogP contribution < -0.4 is 0 Å². The Bertz CT molecular complexity index is 9570. The maximum Gasteiger partial charge on any atom is 0.164 e. The van der Waals surface area contributed by atoms with Gasteiger partial charge in [-0.15, -0.1) is 22.7 Å². The van der Waals surface area contributed by atoms with E-state index in [2.05, 4.69) is 279 Å². The average Bonchev–Trinajstić information content (AvgIpc) is 1.82. The van der Waals surface area contributed by atoms with Gasteiger partial charge in [0.15, 0.2) is 52.4 Å². The van der Waals surface area contributed by atoms with Crippen LogP contribution in [0.15, 0.2) is 509 Å². The number of furan rings is 4. The van der Waals surface area contributed by atoms with Gasteiger partial charge in [-0.3, -0.25) is 0 Å². The molecule has 0 atom stereocenters. The van der Waals surface area contributed by atoms with Crippen LogP contribution in [0.4, 0.5) is 0 Å². The lowest BCUT2D eigenvalue weighted by molar-refractivity contribution is 0.668. The molecule has 30 rings (SSSR count). The van der Waals surface area contributed by atoms with Crippen molar-refractivity contribution >= 4 is 151 Å². The van der Waals surface area contributed by atoms with E-state index in [4.69, 9.17) is 62.5 Å². The van der Waals surface area contributed by atoms with Crippen LogP contribution in [-0.4, -0.2) is 44.9 Å². The molecule has 0 amide bonds. The number of fused-ring (bicyclic) bond motifs is 18. The molecule has 0 fully saturated rings. The van der Waals surface area contributed by atoms with Gasteiger partial charge in [0.2, 0.25) is 0 Å². The van der Waals surface area contributed by atoms with Gasteiger partial charge in [0.05, 0.1) is 0 Å². The molecule has 9 heterocycles. The minimum absolute atomic E-state index is 0.578. The summed E-state index contributed by atoms with van der Waals surface area (Å²) >= 11 is 3.70. The number of para-hydroxylation sites is 6. The van der Waals surface area contributed by atoms with Gasteiger partial charge in [-0.05, 0) is 153 Å². The summed E-state index contributed by atoms with van der Waals surface area (Å²) in [7, 11) is 0. The minimum Gasteiger partial charge on any atom is -0.456 e. The maximum absolute atomic E-state index is 6.53. The summed E-state index contributed by atoms with van der Waals surface area (Å²) in [5.41, 5.74) is 28.1. The minimum atomic E-state index is 0.578. The molecule has 0 spiro atoms. The molecule has 0 bridgehead atoms. The highest BCUT2D eigenvalue weighted by molar-refractivity contribution is 7.26. The molecule has 0 radical (unpaired) electrons. The zero-order valence-electron chi connectivity index (χ0n) is 80.2. The van der Waals surface area contributed by atoms with E-state index < -0.39 is 0 Å². The number of rotatable bonds is 15. The zero-order chi connectivity index (χ0) is 99.1. The first kappa shape index (κ1) is 88.0. The molecule has 0 aliphatic heterocycles. The Balaban J connectivity index is 0.000000108. The molecule has 0 saturated carbocycles. The van der Waals surface area contributed by atoms with Crippen molar-refractivity contribution in [1.29, 1.82) is 0 Å². The van der Waals surface area contributed by atoms with Crippen molar-refractivity contribution in [1.82, 2.24) is 44.9 Å². The summed E-state index contributed by atoms with van der Waals surface area (Å²) in [6, 6.07) is 169. The van der Waals surface area contributed by atoms with E-state index in [-0.39, 0.29) is 0 Å². The van der Waals surface area contributed by atoms with Gasteiger partial charge in [-0.2, -0.15) is 0 Å². The molecule has 30 aromatic rings. The van der Waals surface area contributed by atoms with E-state index in [1.54, 1.807) is 0 Å². The largest absolute Gasteiger partial charge is 0.456 e. The van der Waals surface area contributed by atoms with E-state index in [1.807, 2.05) is 235 Å².